The van der Waals surface area contributed by atoms with E-state index in [1.54, 1.807) is 24.3 Å². The molecular weight excluding hydrogens is 417 g/mol. The summed E-state index contributed by atoms with van der Waals surface area (Å²) in [7, 11) is 0. The third kappa shape index (κ3) is 5.30. The molecule has 24 heavy (non-hydrogen) atoms. The number of nitrogens with one attached hydrogen (secondary N) is 1. The molecule has 0 unspecified atom stereocenters. The van der Waals surface area contributed by atoms with Gasteiger partial charge in [0.2, 0.25) is 0 Å². The molecule has 0 atom stereocenters. The molecule has 4 nitrogen and oxygen atoms in total. The molecule has 0 aliphatic carbocycles. The van der Waals surface area contributed by atoms with E-state index in [0.29, 0.717) is 41.1 Å². The number of aromatic carboxylic acids is 1. The quantitative estimate of drug-likeness (QED) is 0.555. The first-order valence-corrected chi connectivity index (χ1v) is 8.78. The highest BCUT2D eigenvalue weighted by molar-refractivity contribution is 9.10. The Bertz CT molecular complexity index is 733. The fourth-order valence-corrected chi connectivity index (χ4v) is 3.40. The standard InChI is InChI=1S/C17H16BrCl2NO3/c1-10-5-14(17(22)23)16(15(18)6-10)21-3-2-4-24-13-8-11(19)7-12(20)9-13/h5-9,21H,2-4H2,1H3,(H,22,23). The van der Waals surface area contributed by atoms with Crippen LogP contribution in [0.1, 0.15) is 22.3 Å². The Kier molecular flexibility index (Phi) is 6.78. The molecule has 0 saturated carbocycles. The molecule has 2 N–H and O–H groups in total. The number of ether oxygens (including phenoxy) is 1. The van der Waals surface area contributed by atoms with Crippen LogP contribution in [-0.4, -0.2) is 24.2 Å². The van der Waals surface area contributed by atoms with Gasteiger partial charge in [-0.2, -0.15) is 0 Å². The van der Waals surface area contributed by atoms with Crippen molar-refractivity contribution in [3.8, 4) is 5.75 Å². The number of benzene rings is 2. The smallest absolute Gasteiger partial charge is 0.337 e. The number of aryl methyl sites for hydroxylation is 1. The molecule has 128 valence electrons. The van der Waals surface area contributed by atoms with E-state index >= 15 is 0 Å². The molecular formula is C17H16BrCl2NO3. The summed E-state index contributed by atoms with van der Waals surface area (Å²) in [4.78, 5) is 11.4. The van der Waals surface area contributed by atoms with Gasteiger partial charge in [-0.1, -0.05) is 23.2 Å². The Balaban J connectivity index is 1.90. The first kappa shape index (κ1) is 18.9. The van der Waals surface area contributed by atoms with Crippen LogP contribution >= 0.6 is 39.1 Å². The average molecular weight is 433 g/mol. The zero-order valence-electron chi connectivity index (χ0n) is 12.9. The van der Waals surface area contributed by atoms with Crippen LogP contribution < -0.4 is 10.1 Å². The molecule has 2 rings (SSSR count). The molecule has 0 aromatic heterocycles. The van der Waals surface area contributed by atoms with Gasteiger partial charge in [0.15, 0.2) is 0 Å². The lowest BCUT2D eigenvalue weighted by Gasteiger charge is -2.13. The number of carboxylic acids is 1. The minimum absolute atomic E-state index is 0.240. The van der Waals surface area contributed by atoms with Crippen LogP contribution in [0.5, 0.6) is 5.75 Å². The molecule has 0 spiro atoms. The number of carbonyl (C=O) groups is 1. The summed E-state index contributed by atoms with van der Waals surface area (Å²) in [6.45, 7) is 2.87. The number of anilines is 1. The summed E-state index contributed by atoms with van der Waals surface area (Å²) in [5.74, 6) is -0.359. The highest BCUT2D eigenvalue weighted by Gasteiger charge is 2.13. The molecule has 0 saturated heterocycles. The topological polar surface area (TPSA) is 58.6 Å². The van der Waals surface area contributed by atoms with Gasteiger partial charge in [0.05, 0.1) is 17.9 Å². The Morgan fingerprint density at radius 3 is 2.50 bits per heavy atom. The summed E-state index contributed by atoms with van der Waals surface area (Å²) < 4.78 is 6.32. The first-order valence-electron chi connectivity index (χ1n) is 7.23. The fourth-order valence-electron chi connectivity index (χ4n) is 2.18. The van der Waals surface area contributed by atoms with E-state index in [1.807, 2.05) is 13.0 Å². The molecule has 0 radical (unpaired) electrons. The maximum Gasteiger partial charge on any atom is 0.337 e. The third-order valence-corrected chi connectivity index (χ3v) is 4.25. The highest BCUT2D eigenvalue weighted by atomic mass is 79.9. The first-order chi connectivity index (χ1) is 11.4. The Morgan fingerprint density at radius 2 is 1.88 bits per heavy atom. The van der Waals surface area contributed by atoms with Crippen LogP contribution in [0.2, 0.25) is 10.0 Å². The molecule has 7 heteroatoms. The highest BCUT2D eigenvalue weighted by Crippen LogP contribution is 2.28. The van der Waals surface area contributed by atoms with E-state index in [9.17, 15) is 9.90 Å². The maximum atomic E-state index is 11.4. The van der Waals surface area contributed by atoms with Gasteiger partial charge in [0.25, 0.3) is 0 Å². The number of rotatable bonds is 7. The van der Waals surface area contributed by atoms with E-state index in [4.69, 9.17) is 27.9 Å². The van der Waals surface area contributed by atoms with Gasteiger partial charge in [0, 0.05) is 21.1 Å². The van der Waals surface area contributed by atoms with Crippen molar-refractivity contribution < 1.29 is 14.6 Å². The van der Waals surface area contributed by atoms with Crippen molar-refractivity contribution in [2.75, 3.05) is 18.5 Å². The lowest BCUT2D eigenvalue weighted by atomic mass is 10.1. The Labute approximate surface area is 158 Å². The number of hydrogen-bond donors (Lipinski definition) is 2. The van der Waals surface area contributed by atoms with Crippen LogP contribution in [-0.2, 0) is 0 Å². The van der Waals surface area contributed by atoms with E-state index in [2.05, 4.69) is 21.2 Å². The van der Waals surface area contributed by atoms with Crippen LogP contribution in [0.25, 0.3) is 0 Å². The largest absolute Gasteiger partial charge is 0.493 e. The Morgan fingerprint density at radius 1 is 1.21 bits per heavy atom. The minimum Gasteiger partial charge on any atom is -0.493 e. The zero-order valence-corrected chi connectivity index (χ0v) is 16.0. The summed E-state index contributed by atoms with van der Waals surface area (Å²) in [5, 5.41) is 13.5. The van der Waals surface area contributed by atoms with E-state index in [-0.39, 0.29) is 5.56 Å². The SMILES string of the molecule is Cc1cc(Br)c(NCCCOc2cc(Cl)cc(Cl)c2)c(C(=O)O)c1. The summed E-state index contributed by atoms with van der Waals surface area (Å²) in [6.07, 6.45) is 0.684. The molecule has 0 fully saturated rings. The second kappa shape index (κ2) is 8.60. The zero-order chi connectivity index (χ0) is 17.7. The lowest BCUT2D eigenvalue weighted by Crippen LogP contribution is -2.11. The van der Waals surface area contributed by atoms with Crippen molar-refractivity contribution in [2.45, 2.75) is 13.3 Å². The molecule has 0 heterocycles. The van der Waals surface area contributed by atoms with Crippen LogP contribution in [0, 0.1) is 6.92 Å². The Hall–Kier alpha value is -1.43. The van der Waals surface area contributed by atoms with Crippen molar-refractivity contribution >= 4 is 50.8 Å². The second-order valence-corrected chi connectivity index (χ2v) is 6.94. The van der Waals surface area contributed by atoms with Gasteiger partial charge in [-0.15, -0.1) is 0 Å². The summed E-state index contributed by atoms with van der Waals surface area (Å²) >= 11 is 15.2. The van der Waals surface area contributed by atoms with Gasteiger partial charge in [-0.25, -0.2) is 4.79 Å². The molecule has 0 aliphatic heterocycles. The average Bonchev–Trinajstić information content (AvgIpc) is 2.47. The predicted octanol–water partition coefficient (Wildman–Crippen LogP) is 5.64. The van der Waals surface area contributed by atoms with Crippen LogP contribution in [0.15, 0.2) is 34.8 Å². The van der Waals surface area contributed by atoms with Crippen LogP contribution in [0.3, 0.4) is 0 Å². The van der Waals surface area contributed by atoms with Gasteiger partial charge in [0.1, 0.15) is 5.75 Å². The minimum atomic E-state index is -0.966. The van der Waals surface area contributed by atoms with Crippen molar-refractivity contribution in [3.05, 3.63) is 56.0 Å². The normalized spacial score (nSPS) is 10.5. The second-order valence-electron chi connectivity index (χ2n) is 5.21. The molecule has 2 aromatic rings. The van der Waals surface area contributed by atoms with E-state index < -0.39 is 5.97 Å². The molecule has 0 amide bonds. The molecule has 0 bridgehead atoms. The van der Waals surface area contributed by atoms with Gasteiger partial charge < -0.3 is 15.2 Å². The van der Waals surface area contributed by atoms with Crippen LogP contribution in [0.4, 0.5) is 5.69 Å². The third-order valence-electron chi connectivity index (χ3n) is 3.19. The van der Waals surface area contributed by atoms with E-state index in [1.165, 1.54) is 0 Å². The monoisotopic (exact) mass is 431 g/mol. The summed E-state index contributed by atoms with van der Waals surface area (Å²) in [5.41, 5.74) is 1.69. The van der Waals surface area contributed by atoms with Gasteiger partial charge >= 0.3 is 5.97 Å². The maximum absolute atomic E-state index is 11.4. The molecule has 0 aliphatic rings. The number of hydrogen-bond acceptors (Lipinski definition) is 3. The predicted molar refractivity (Wildman–Crippen MR) is 101 cm³/mol. The van der Waals surface area contributed by atoms with Crippen molar-refractivity contribution in [3.63, 3.8) is 0 Å². The van der Waals surface area contributed by atoms with Crippen molar-refractivity contribution in [1.29, 1.82) is 0 Å². The van der Waals surface area contributed by atoms with Crippen molar-refractivity contribution in [1.82, 2.24) is 0 Å². The van der Waals surface area contributed by atoms with Crippen molar-refractivity contribution in [2.24, 2.45) is 0 Å². The number of carboxylic acid groups (broad SMARTS) is 1. The number of halogens is 3. The van der Waals surface area contributed by atoms with Gasteiger partial charge in [-0.3, -0.25) is 0 Å². The molecule has 2 aromatic carbocycles. The van der Waals surface area contributed by atoms with Gasteiger partial charge in [-0.05, 0) is 65.2 Å². The fraction of sp³-hybridized carbons (Fsp3) is 0.235. The lowest BCUT2D eigenvalue weighted by molar-refractivity contribution is 0.0697. The van der Waals surface area contributed by atoms with E-state index in [0.717, 1.165) is 10.0 Å². The summed E-state index contributed by atoms with van der Waals surface area (Å²) in [6, 6.07) is 8.54.